The van der Waals surface area contributed by atoms with Gasteiger partial charge in [0.05, 0.1) is 28.0 Å². The largest absolute Gasteiger partial charge is 0.308 e. The highest BCUT2D eigenvalue weighted by Crippen LogP contribution is 2.32. The van der Waals surface area contributed by atoms with Gasteiger partial charge in [0.2, 0.25) is 0 Å². The fourth-order valence-corrected chi connectivity index (χ4v) is 5.94. The van der Waals surface area contributed by atoms with Crippen molar-refractivity contribution in [1.82, 2.24) is 14.5 Å². The molecule has 0 fully saturated rings. The van der Waals surface area contributed by atoms with Gasteiger partial charge in [-0.2, -0.15) is 0 Å². The highest BCUT2D eigenvalue weighted by molar-refractivity contribution is 6.07. The lowest BCUT2D eigenvalue weighted by Gasteiger charge is -2.15. The molecule has 1 aliphatic rings. The molecule has 4 heteroatoms. The maximum atomic E-state index is 4.83. The highest BCUT2D eigenvalue weighted by atomic mass is 15.0. The van der Waals surface area contributed by atoms with Crippen LogP contribution in [0.15, 0.2) is 139 Å². The van der Waals surface area contributed by atoms with E-state index >= 15 is 0 Å². The fraction of sp³-hybridized carbons (Fsp3) is 0.0541. The van der Waals surface area contributed by atoms with Crippen LogP contribution >= 0.6 is 0 Å². The van der Waals surface area contributed by atoms with E-state index < -0.39 is 0 Å². The topological polar surface area (TPSA) is 43.1 Å². The van der Waals surface area contributed by atoms with Gasteiger partial charge in [0.25, 0.3) is 0 Å². The van der Waals surface area contributed by atoms with Gasteiger partial charge in [-0.15, -0.1) is 0 Å². The Labute approximate surface area is 238 Å². The summed E-state index contributed by atoms with van der Waals surface area (Å²) in [6.45, 7) is 0. The zero-order valence-electron chi connectivity index (χ0n) is 22.4. The molecule has 3 aromatic heterocycles. The van der Waals surface area contributed by atoms with Gasteiger partial charge in [-0.25, -0.2) is 0 Å². The van der Waals surface area contributed by atoms with Crippen LogP contribution in [0.4, 0.5) is 0 Å². The number of rotatable bonds is 4. The van der Waals surface area contributed by atoms with Crippen LogP contribution in [-0.4, -0.2) is 20.2 Å². The second-order valence-corrected chi connectivity index (χ2v) is 10.5. The summed E-state index contributed by atoms with van der Waals surface area (Å²) in [5.74, 6) is 0. The fourth-order valence-electron chi connectivity index (χ4n) is 5.94. The molecule has 0 saturated carbocycles. The molecule has 41 heavy (non-hydrogen) atoms. The molecular weight excluding hydrogens is 500 g/mol. The average Bonchev–Trinajstić information content (AvgIpc) is 3.39. The van der Waals surface area contributed by atoms with Crippen LogP contribution in [0.25, 0.3) is 55.1 Å². The Morgan fingerprint density at radius 3 is 2.20 bits per heavy atom. The van der Waals surface area contributed by atoms with Crippen molar-refractivity contribution in [2.24, 2.45) is 4.99 Å². The van der Waals surface area contributed by atoms with Crippen LogP contribution in [0.3, 0.4) is 0 Å². The van der Waals surface area contributed by atoms with Gasteiger partial charge in [-0.05, 0) is 82.8 Å². The normalized spacial score (nSPS) is 13.5. The molecule has 0 bridgehead atoms. The van der Waals surface area contributed by atoms with Gasteiger partial charge in [0.15, 0.2) is 0 Å². The Balaban J connectivity index is 1.05. The Morgan fingerprint density at radius 2 is 1.37 bits per heavy atom. The van der Waals surface area contributed by atoms with Crippen molar-refractivity contribution in [2.45, 2.75) is 12.8 Å². The first-order chi connectivity index (χ1) is 20.3. The number of fused-ring (bicyclic) bond motifs is 4. The summed E-state index contributed by atoms with van der Waals surface area (Å²) in [5.41, 5.74) is 11.2. The number of hydrogen-bond donors (Lipinski definition) is 0. The summed E-state index contributed by atoms with van der Waals surface area (Å²) < 4.78 is 2.29. The van der Waals surface area contributed by atoms with Crippen LogP contribution in [0.1, 0.15) is 24.1 Å². The average molecular weight is 527 g/mol. The number of para-hydroxylation sites is 1. The minimum Gasteiger partial charge on any atom is -0.308 e. The van der Waals surface area contributed by atoms with E-state index in [1.54, 1.807) is 0 Å². The van der Waals surface area contributed by atoms with E-state index in [2.05, 4.69) is 119 Å². The van der Waals surface area contributed by atoms with Crippen LogP contribution in [0, 0.1) is 0 Å². The maximum absolute atomic E-state index is 4.83. The molecule has 194 valence electrons. The number of allylic oxidation sites excluding steroid dienone is 1. The lowest BCUT2D eigenvalue weighted by Crippen LogP contribution is -2.07. The quantitative estimate of drug-likeness (QED) is 0.230. The van der Waals surface area contributed by atoms with E-state index in [4.69, 9.17) is 9.98 Å². The molecule has 0 saturated heterocycles. The molecule has 8 rings (SSSR count). The molecule has 0 aliphatic carbocycles. The summed E-state index contributed by atoms with van der Waals surface area (Å²) in [4.78, 5) is 14.3. The van der Waals surface area contributed by atoms with Gasteiger partial charge in [-0.1, -0.05) is 72.8 Å². The van der Waals surface area contributed by atoms with Gasteiger partial charge >= 0.3 is 0 Å². The summed E-state index contributed by atoms with van der Waals surface area (Å²) in [6.07, 6.45) is 7.64. The maximum Gasteiger partial charge on any atom is 0.0963 e. The third kappa shape index (κ3) is 4.12. The zero-order chi connectivity index (χ0) is 27.2. The van der Waals surface area contributed by atoms with Crippen molar-refractivity contribution in [3.63, 3.8) is 0 Å². The molecule has 0 spiro atoms. The van der Waals surface area contributed by atoms with Crippen LogP contribution in [0.5, 0.6) is 0 Å². The van der Waals surface area contributed by atoms with Gasteiger partial charge < -0.3 is 4.57 Å². The predicted molar refractivity (Wildman–Crippen MR) is 170 cm³/mol. The lowest BCUT2D eigenvalue weighted by molar-refractivity contribution is 1.06. The molecular formula is C37H26N4. The number of benzene rings is 4. The summed E-state index contributed by atoms with van der Waals surface area (Å²) in [7, 11) is 0. The van der Waals surface area contributed by atoms with E-state index in [0.29, 0.717) is 0 Å². The Kier molecular flexibility index (Phi) is 5.56. The Morgan fingerprint density at radius 1 is 0.585 bits per heavy atom. The van der Waals surface area contributed by atoms with E-state index in [-0.39, 0.29) is 0 Å². The number of hydrogen-bond acceptors (Lipinski definition) is 3. The smallest absolute Gasteiger partial charge is 0.0963 e. The van der Waals surface area contributed by atoms with Crippen molar-refractivity contribution in [1.29, 1.82) is 0 Å². The number of pyridine rings is 2. The van der Waals surface area contributed by atoms with Crippen molar-refractivity contribution in [2.75, 3.05) is 0 Å². The molecule has 4 nitrogen and oxygen atoms in total. The van der Waals surface area contributed by atoms with Gasteiger partial charge in [-0.3, -0.25) is 15.0 Å². The second-order valence-electron chi connectivity index (χ2n) is 10.5. The van der Waals surface area contributed by atoms with Crippen molar-refractivity contribution in [3.8, 4) is 16.8 Å². The number of aliphatic imine (C=N–C) groups is 1. The SMILES string of the molecule is C1=C(c2ccc(-n3c4ccccc4c4ncccc43)cc2)CCC(c2ccc(-c3ccc4ccccc4c3)cn2)=N1. The first-order valence-electron chi connectivity index (χ1n) is 14.0. The zero-order valence-corrected chi connectivity index (χ0v) is 22.4. The summed E-state index contributed by atoms with van der Waals surface area (Å²) in [5, 5.41) is 3.66. The van der Waals surface area contributed by atoms with Crippen LogP contribution in [-0.2, 0) is 0 Å². The van der Waals surface area contributed by atoms with Crippen molar-refractivity contribution < 1.29 is 0 Å². The first kappa shape index (κ1) is 23.5. The standard InChI is InChI=1S/C37H26N4/c1-2-7-27-22-28(12-11-25(27)6-1)30-16-20-34(40-24-30)33-19-15-29(23-39-33)26-13-17-31(18-14-26)41-35-9-4-3-8-32(35)37-36(41)10-5-21-38-37/h1-14,16-18,20-24H,15,19H2. The third-order valence-electron chi connectivity index (χ3n) is 8.07. The predicted octanol–water partition coefficient (Wildman–Crippen LogP) is 9.02. The molecule has 0 atom stereocenters. The minimum atomic E-state index is 0.869. The van der Waals surface area contributed by atoms with Crippen molar-refractivity contribution in [3.05, 3.63) is 145 Å². The monoisotopic (exact) mass is 526 g/mol. The van der Waals surface area contributed by atoms with Crippen LogP contribution < -0.4 is 0 Å². The van der Waals surface area contributed by atoms with Crippen LogP contribution in [0.2, 0.25) is 0 Å². The molecule has 4 aromatic carbocycles. The first-order valence-corrected chi connectivity index (χ1v) is 14.0. The molecule has 7 aromatic rings. The molecule has 0 N–H and O–H groups in total. The van der Waals surface area contributed by atoms with E-state index in [9.17, 15) is 0 Å². The lowest BCUT2D eigenvalue weighted by atomic mass is 9.96. The van der Waals surface area contributed by atoms with E-state index in [0.717, 1.165) is 46.5 Å². The second kappa shape index (κ2) is 9.68. The molecule has 1 aliphatic heterocycles. The van der Waals surface area contributed by atoms with Crippen molar-refractivity contribution >= 4 is 44.0 Å². The summed E-state index contributed by atoms with van der Waals surface area (Å²) >= 11 is 0. The third-order valence-corrected chi connectivity index (χ3v) is 8.07. The highest BCUT2D eigenvalue weighted by Gasteiger charge is 2.15. The van der Waals surface area contributed by atoms with Gasteiger partial charge in [0, 0.05) is 35.2 Å². The number of nitrogens with zero attached hydrogens (tertiary/aromatic N) is 4. The molecule has 4 heterocycles. The number of aromatic nitrogens is 3. The van der Waals surface area contributed by atoms with E-state index in [1.165, 1.54) is 38.4 Å². The Hall–Kier alpha value is -5.35. The molecule has 0 unspecified atom stereocenters. The Bertz CT molecular complexity index is 2080. The molecule has 0 amide bonds. The summed E-state index contributed by atoms with van der Waals surface area (Å²) in [6, 6.07) is 40.6. The minimum absolute atomic E-state index is 0.869. The molecule has 0 radical (unpaired) electrons. The van der Waals surface area contributed by atoms with Gasteiger partial charge in [0.1, 0.15) is 0 Å². The van der Waals surface area contributed by atoms with E-state index in [1.807, 2.05) is 24.7 Å².